The summed E-state index contributed by atoms with van der Waals surface area (Å²) < 4.78 is 18.4. The lowest BCUT2D eigenvalue weighted by Gasteiger charge is -2.25. The van der Waals surface area contributed by atoms with Crippen molar-refractivity contribution in [2.24, 2.45) is 11.1 Å². The lowest BCUT2D eigenvalue weighted by Crippen LogP contribution is -2.41. The Bertz CT molecular complexity index is 483. The maximum Gasteiger partial charge on any atom is 0.263 e. The molecule has 1 aliphatic rings. The molecule has 1 aliphatic heterocycles. The van der Waals surface area contributed by atoms with Crippen LogP contribution in [0, 0.1) is 11.2 Å². The summed E-state index contributed by atoms with van der Waals surface area (Å²) in [7, 11) is 0. The van der Waals surface area contributed by atoms with Gasteiger partial charge in [-0.25, -0.2) is 4.39 Å². The summed E-state index contributed by atoms with van der Waals surface area (Å²) in [5.41, 5.74) is 5.74. The Kier molecular flexibility index (Phi) is 5.98. The van der Waals surface area contributed by atoms with Crippen molar-refractivity contribution in [3.63, 3.8) is 0 Å². The number of hydrogen-bond acceptors (Lipinski definition) is 3. The fourth-order valence-corrected chi connectivity index (χ4v) is 2.40. The van der Waals surface area contributed by atoms with Crippen LogP contribution in [0.1, 0.15) is 20.3 Å². The number of nitrogens with zero attached hydrogens (tertiary/aromatic N) is 1. The standard InChI is InChI=1S/C15H21FN2O2.ClH/c1-11(20-13-5-3-12(16)4-6-13)14(19)18-8-7-15(2,9-17)10-18;/h3-6,11H,7-10,17H2,1-2H3;1H. The molecule has 2 N–H and O–H groups in total. The van der Waals surface area contributed by atoms with Crippen LogP contribution in [0.2, 0.25) is 0 Å². The molecule has 2 rings (SSSR count). The Balaban J connectivity index is 0.00000220. The van der Waals surface area contributed by atoms with E-state index in [0.717, 1.165) is 6.42 Å². The zero-order chi connectivity index (χ0) is 14.8. The molecule has 1 fully saturated rings. The molecule has 1 saturated heterocycles. The second-order valence-corrected chi connectivity index (χ2v) is 5.74. The van der Waals surface area contributed by atoms with Crippen LogP contribution in [-0.4, -0.2) is 36.5 Å². The summed E-state index contributed by atoms with van der Waals surface area (Å²) in [5, 5.41) is 0. The van der Waals surface area contributed by atoms with Gasteiger partial charge in [-0.2, -0.15) is 0 Å². The maximum absolute atomic E-state index is 12.8. The van der Waals surface area contributed by atoms with Gasteiger partial charge in [0.15, 0.2) is 6.10 Å². The zero-order valence-electron chi connectivity index (χ0n) is 12.3. The third-order valence-corrected chi connectivity index (χ3v) is 3.84. The highest BCUT2D eigenvalue weighted by Gasteiger charge is 2.36. The molecule has 2 atom stereocenters. The average molecular weight is 317 g/mol. The summed E-state index contributed by atoms with van der Waals surface area (Å²) >= 11 is 0. The molecule has 4 nitrogen and oxygen atoms in total. The number of ether oxygens (including phenoxy) is 1. The van der Waals surface area contributed by atoms with Crippen molar-refractivity contribution in [3.8, 4) is 5.75 Å². The molecule has 118 valence electrons. The van der Waals surface area contributed by atoms with Gasteiger partial charge in [-0.3, -0.25) is 4.79 Å². The van der Waals surface area contributed by atoms with Crippen molar-refractivity contribution in [3.05, 3.63) is 30.1 Å². The van der Waals surface area contributed by atoms with E-state index in [1.54, 1.807) is 11.8 Å². The average Bonchev–Trinajstić information content (AvgIpc) is 2.84. The molecule has 0 saturated carbocycles. The van der Waals surface area contributed by atoms with E-state index in [0.29, 0.717) is 25.4 Å². The van der Waals surface area contributed by atoms with Crippen LogP contribution in [-0.2, 0) is 4.79 Å². The highest BCUT2D eigenvalue weighted by Crippen LogP contribution is 2.29. The van der Waals surface area contributed by atoms with E-state index < -0.39 is 6.10 Å². The monoisotopic (exact) mass is 316 g/mol. The fourth-order valence-electron chi connectivity index (χ4n) is 2.40. The minimum atomic E-state index is -0.583. The second-order valence-electron chi connectivity index (χ2n) is 5.74. The van der Waals surface area contributed by atoms with Crippen molar-refractivity contribution in [1.29, 1.82) is 0 Å². The summed E-state index contributed by atoms with van der Waals surface area (Å²) in [6, 6.07) is 5.67. The van der Waals surface area contributed by atoms with Crippen LogP contribution < -0.4 is 10.5 Å². The van der Waals surface area contributed by atoms with E-state index in [1.165, 1.54) is 24.3 Å². The molecule has 2 unspecified atom stereocenters. The van der Waals surface area contributed by atoms with E-state index in [4.69, 9.17) is 10.5 Å². The Hall–Kier alpha value is -1.33. The van der Waals surface area contributed by atoms with E-state index in [-0.39, 0.29) is 29.5 Å². The zero-order valence-corrected chi connectivity index (χ0v) is 13.2. The number of likely N-dealkylation sites (tertiary alicyclic amines) is 1. The fraction of sp³-hybridized carbons (Fsp3) is 0.533. The summed E-state index contributed by atoms with van der Waals surface area (Å²) in [6.45, 7) is 5.75. The largest absolute Gasteiger partial charge is 0.481 e. The van der Waals surface area contributed by atoms with Crippen molar-refractivity contribution in [2.75, 3.05) is 19.6 Å². The lowest BCUT2D eigenvalue weighted by atomic mass is 9.90. The lowest BCUT2D eigenvalue weighted by molar-refractivity contribution is -0.137. The number of rotatable bonds is 4. The molecule has 1 aromatic rings. The summed E-state index contributed by atoms with van der Waals surface area (Å²) in [6.07, 6.45) is 0.332. The van der Waals surface area contributed by atoms with Crippen molar-refractivity contribution in [1.82, 2.24) is 4.90 Å². The van der Waals surface area contributed by atoms with Gasteiger partial charge in [0.2, 0.25) is 0 Å². The molecule has 0 bridgehead atoms. The molecular formula is C15H22ClFN2O2. The van der Waals surface area contributed by atoms with E-state index in [1.807, 2.05) is 0 Å². The number of halogens is 2. The van der Waals surface area contributed by atoms with Gasteiger partial charge in [-0.05, 0) is 49.6 Å². The molecular weight excluding hydrogens is 295 g/mol. The first-order valence-corrected chi connectivity index (χ1v) is 6.85. The van der Waals surface area contributed by atoms with Gasteiger partial charge in [-0.15, -0.1) is 12.4 Å². The van der Waals surface area contributed by atoms with Gasteiger partial charge in [0.05, 0.1) is 0 Å². The number of benzene rings is 1. The number of carbonyl (C=O) groups excluding carboxylic acids is 1. The minimum Gasteiger partial charge on any atom is -0.481 e. The normalized spacial score (nSPS) is 22.6. The van der Waals surface area contributed by atoms with E-state index in [9.17, 15) is 9.18 Å². The molecule has 0 radical (unpaired) electrons. The first-order chi connectivity index (χ1) is 9.43. The molecule has 0 aliphatic carbocycles. The molecule has 0 aromatic heterocycles. The highest BCUT2D eigenvalue weighted by molar-refractivity contribution is 5.85. The van der Waals surface area contributed by atoms with Gasteiger partial charge in [0, 0.05) is 13.1 Å². The molecule has 1 heterocycles. The molecule has 1 aromatic carbocycles. The van der Waals surface area contributed by atoms with Crippen molar-refractivity contribution in [2.45, 2.75) is 26.4 Å². The van der Waals surface area contributed by atoms with Crippen LogP contribution in [0.15, 0.2) is 24.3 Å². The van der Waals surface area contributed by atoms with Gasteiger partial charge in [0.25, 0.3) is 5.91 Å². The highest BCUT2D eigenvalue weighted by atomic mass is 35.5. The second kappa shape index (κ2) is 7.09. The number of carbonyl (C=O) groups is 1. The predicted octanol–water partition coefficient (Wildman–Crippen LogP) is 2.21. The third-order valence-electron chi connectivity index (χ3n) is 3.84. The van der Waals surface area contributed by atoms with Crippen LogP contribution in [0.5, 0.6) is 5.75 Å². The Labute approximate surface area is 130 Å². The number of hydrogen-bond donors (Lipinski definition) is 1. The van der Waals surface area contributed by atoms with Crippen molar-refractivity contribution >= 4 is 18.3 Å². The predicted molar refractivity (Wildman–Crippen MR) is 82.1 cm³/mol. The third kappa shape index (κ3) is 4.32. The SMILES string of the molecule is CC(Oc1ccc(F)cc1)C(=O)N1CCC(C)(CN)C1.Cl. The molecule has 6 heteroatoms. The van der Waals surface area contributed by atoms with Crippen LogP contribution in [0.25, 0.3) is 0 Å². The minimum absolute atomic E-state index is 0. The van der Waals surface area contributed by atoms with Gasteiger partial charge >= 0.3 is 0 Å². The van der Waals surface area contributed by atoms with Crippen molar-refractivity contribution < 1.29 is 13.9 Å². The molecule has 21 heavy (non-hydrogen) atoms. The summed E-state index contributed by atoms with van der Waals surface area (Å²) in [4.78, 5) is 14.1. The van der Waals surface area contributed by atoms with E-state index in [2.05, 4.69) is 6.92 Å². The quantitative estimate of drug-likeness (QED) is 0.926. The topological polar surface area (TPSA) is 55.6 Å². The van der Waals surface area contributed by atoms with Crippen LogP contribution >= 0.6 is 12.4 Å². The smallest absolute Gasteiger partial charge is 0.263 e. The molecule has 0 spiro atoms. The Morgan fingerprint density at radius 1 is 1.48 bits per heavy atom. The van der Waals surface area contributed by atoms with Gasteiger partial charge < -0.3 is 15.4 Å². The van der Waals surface area contributed by atoms with Gasteiger partial charge in [-0.1, -0.05) is 6.92 Å². The molecule has 1 amide bonds. The Morgan fingerprint density at radius 3 is 2.62 bits per heavy atom. The summed E-state index contributed by atoms with van der Waals surface area (Å²) in [5.74, 6) is 0.120. The first kappa shape index (κ1) is 17.7. The van der Waals surface area contributed by atoms with Gasteiger partial charge in [0.1, 0.15) is 11.6 Å². The van der Waals surface area contributed by atoms with Crippen LogP contribution in [0.3, 0.4) is 0 Å². The number of amides is 1. The Morgan fingerprint density at radius 2 is 2.10 bits per heavy atom. The maximum atomic E-state index is 12.8. The first-order valence-electron chi connectivity index (χ1n) is 6.85. The van der Waals surface area contributed by atoms with Crippen LogP contribution in [0.4, 0.5) is 4.39 Å². The number of nitrogens with two attached hydrogens (primary N) is 1. The van der Waals surface area contributed by atoms with E-state index >= 15 is 0 Å².